The SMILES string of the molecule is C#C[C@@H](NC(=O)c1cc(C2CC2)nc2c1c(C)nn2C)[C@@H]1CCCO1. The maximum atomic E-state index is 13.0. The van der Waals surface area contributed by atoms with E-state index in [-0.39, 0.29) is 12.0 Å². The molecule has 2 aromatic heterocycles. The van der Waals surface area contributed by atoms with E-state index in [1.807, 2.05) is 20.0 Å². The minimum atomic E-state index is -0.417. The highest BCUT2D eigenvalue weighted by atomic mass is 16.5. The van der Waals surface area contributed by atoms with Gasteiger partial charge in [0.1, 0.15) is 6.04 Å². The highest BCUT2D eigenvalue weighted by Crippen LogP contribution is 2.40. The molecule has 6 nitrogen and oxygen atoms in total. The van der Waals surface area contributed by atoms with Crippen LogP contribution in [-0.4, -0.2) is 39.4 Å². The molecule has 1 saturated heterocycles. The predicted octanol–water partition coefficient (Wildman–Crippen LogP) is 2.06. The molecule has 1 aliphatic heterocycles. The van der Waals surface area contributed by atoms with Gasteiger partial charge in [0, 0.05) is 25.3 Å². The third-order valence-corrected chi connectivity index (χ3v) is 5.03. The van der Waals surface area contributed by atoms with Crippen LogP contribution < -0.4 is 5.32 Å². The summed E-state index contributed by atoms with van der Waals surface area (Å²) in [7, 11) is 1.86. The number of aryl methyl sites for hydroxylation is 2. The van der Waals surface area contributed by atoms with Crippen LogP contribution in [0.5, 0.6) is 0 Å². The number of hydrogen-bond acceptors (Lipinski definition) is 4. The quantitative estimate of drug-likeness (QED) is 0.867. The molecule has 0 bridgehead atoms. The Morgan fingerprint density at radius 2 is 2.28 bits per heavy atom. The van der Waals surface area contributed by atoms with Crippen molar-refractivity contribution in [1.29, 1.82) is 0 Å². The van der Waals surface area contributed by atoms with Gasteiger partial charge in [-0.25, -0.2) is 4.98 Å². The van der Waals surface area contributed by atoms with Crippen LogP contribution in [0.3, 0.4) is 0 Å². The lowest BCUT2D eigenvalue weighted by Gasteiger charge is -2.19. The van der Waals surface area contributed by atoms with Gasteiger partial charge >= 0.3 is 0 Å². The zero-order chi connectivity index (χ0) is 17.6. The molecule has 0 unspecified atom stereocenters. The second-order valence-corrected chi connectivity index (χ2v) is 6.95. The lowest BCUT2D eigenvalue weighted by atomic mass is 10.0. The maximum absolute atomic E-state index is 13.0. The number of pyridine rings is 1. The molecule has 0 aromatic carbocycles. The van der Waals surface area contributed by atoms with Crippen LogP contribution in [0, 0.1) is 19.3 Å². The number of nitrogens with one attached hydrogen (secondary N) is 1. The molecular formula is C19H22N4O2. The van der Waals surface area contributed by atoms with Gasteiger partial charge in [0.25, 0.3) is 5.91 Å². The molecule has 1 aliphatic carbocycles. The molecular weight excluding hydrogens is 316 g/mol. The molecule has 25 heavy (non-hydrogen) atoms. The second-order valence-electron chi connectivity index (χ2n) is 6.95. The fourth-order valence-corrected chi connectivity index (χ4v) is 3.56. The molecule has 4 rings (SSSR count). The summed E-state index contributed by atoms with van der Waals surface area (Å²) in [5.74, 6) is 2.94. The Kier molecular flexibility index (Phi) is 3.97. The van der Waals surface area contributed by atoms with Gasteiger partial charge in [-0.1, -0.05) is 5.92 Å². The number of carbonyl (C=O) groups excluding carboxylic acids is 1. The van der Waals surface area contributed by atoms with E-state index in [0.29, 0.717) is 18.1 Å². The summed E-state index contributed by atoms with van der Waals surface area (Å²) < 4.78 is 7.39. The van der Waals surface area contributed by atoms with Crippen molar-refractivity contribution in [3.8, 4) is 12.3 Å². The van der Waals surface area contributed by atoms with Crippen molar-refractivity contribution in [2.45, 2.75) is 50.7 Å². The summed E-state index contributed by atoms with van der Waals surface area (Å²) in [6.45, 7) is 2.60. The number of aromatic nitrogens is 3. The molecule has 1 N–H and O–H groups in total. The Morgan fingerprint density at radius 1 is 1.48 bits per heavy atom. The number of rotatable bonds is 4. The molecule has 3 heterocycles. The number of ether oxygens (including phenoxy) is 1. The molecule has 2 aromatic rings. The molecule has 0 radical (unpaired) electrons. The summed E-state index contributed by atoms with van der Waals surface area (Å²) in [4.78, 5) is 17.7. The van der Waals surface area contributed by atoms with E-state index in [9.17, 15) is 4.79 Å². The number of fused-ring (bicyclic) bond motifs is 1. The van der Waals surface area contributed by atoms with Crippen molar-refractivity contribution in [2.75, 3.05) is 6.61 Å². The molecule has 2 atom stereocenters. The zero-order valence-corrected chi connectivity index (χ0v) is 14.6. The highest BCUT2D eigenvalue weighted by Gasteiger charge is 2.30. The van der Waals surface area contributed by atoms with Gasteiger partial charge in [-0.3, -0.25) is 9.48 Å². The van der Waals surface area contributed by atoms with Crippen LogP contribution in [0.1, 0.15) is 53.3 Å². The first kappa shape index (κ1) is 16.1. The fourth-order valence-electron chi connectivity index (χ4n) is 3.56. The Labute approximate surface area is 146 Å². The van der Waals surface area contributed by atoms with Gasteiger partial charge in [0.05, 0.1) is 22.7 Å². The van der Waals surface area contributed by atoms with Crippen molar-refractivity contribution in [2.24, 2.45) is 7.05 Å². The van der Waals surface area contributed by atoms with E-state index >= 15 is 0 Å². The zero-order valence-electron chi connectivity index (χ0n) is 14.6. The first-order chi connectivity index (χ1) is 12.1. The van der Waals surface area contributed by atoms with Crippen LogP contribution in [0.2, 0.25) is 0 Å². The van der Waals surface area contributed by atoms with Gasteiger partial charge in [0.15, 0.2) is 5.65 Å². The Balaban J connectivity index is 1.71. The third kappa shape index (κ3) is 2.89. The number of nitrogens with zero attached hydrogens (tertiary/aromatic N) is 3. The van der Waals surface area contributed by atoms with Crippen LogP contribution in [0.25, 0.3) is 11.0 Å². The Bertz CT molecular complexity index is 870. The number of amides is 1. The lowest BCUT2D eigenvalue weighted by Crippen LogP contribution is -2.42. The summed E-state index contributed by atoms with van der Waals surface area (Å²) in [5, 5.41) is 8.21. The number of hydrogen-bond donors (Lipinski definition) is 1. The largest absolute Gasteiger partial charge is 0.375 e. The minimum absolute atomic E-state index is 0.107. The fraction of sp³-hybridized carbons (Fsp3) is 0.526. The predicted molar refractivity (Wildman–Crippen MR) is 94.3 cm³/mol. The first-order valence-corrected chi connectivity index (χ1v) is 8.81. The summed E-state index contributed by atoms with van der Waals surface area (Å²) in [5.41, 5.74) is 3.12. The van der Waals surface area contributed by atoms with E-state index in [1.54, 1.807) is 4.68 Å². The first-order valence-electron chi connectivity index (χ1n) is 8.81. The number of terminal acetylenes is 1. The van der Waals surface area contributed by atoms with E-state index < -0.39 is 6.04 Å². The average Bonchev–Trinajstić information content (AvgIpc) is 3.24. The van der Waals surface area contributed by atoms with Crippen molar-refractivity contribution in [3.05, 3.63) is 23.0 Å². The smallest absolute Gasteiger partial charge is 0.253 e. The van der Waals surface area contributed by atoms with Crippen molar-refractivity contribution in [3.63, 3.8) is 0 Å². The summed E-state index contributed by atoms with van der Waals surface area (Å²) >= 11 is 0. The molecule has 6 heteroatoms. The van der Waals surface area contributed by atoms with E-state index in [4.69, 9.17) is 16.1 Å². The van der Waals surface area contributed by atoms with Gasteiger partial charge < -0.3 is 10.1 Å². The minimum Gasteiger partial charge on any atom is -0.375 e. The third-order valence-electron chi connectivity index (χ3n) is 5.03. The molecule has 130 valence electrons. The summed E-state index contributed by atoms with van der Waals surface area (Å²) in [6.07, 6.45) is 9.63. The van der Waals surface area contributed by atoms with Crippen LogP contribution in [0.4, 0.5) is 0 Å². The average molecular weight is 338 g/mol. The second kappa shape index (κ2) is 6.16. The van der Waals surface area contributed by atoms with Crippen LogP contribution in [-0.2, 0) is 11.8 Å². The summed E-state index contributed by atoms with van der Waals surface area (Å²) in [6, 6.07) is 1.49. The number of carbonyl (C=O) groups is 1. The van der Waals surface area contributed by atoms with Crippen molar-refractivity contribution < 1.29 is 9.53 Å². The molecule has 2 aliphatic rings. The Morgan fingerprint density at radius 3 is 2.92 bits per heavy atom. The monoisotopic (exact) mass is 338 g/mol. The van der Waals surface area contributed by atoms with E-state index in [0.717, 1.165) is 48.1 Å². The van der Waals surface area contributed by atoms with Crippen molar-refractivity contribution in [1.82, 2.24) is 20.1 Å². The van der Waals surface area contributed by atoms with Crippen molar-refractivity contribution >= 4 is 16.9 Å². The van der Waals surface area contributed by atoms with E-state index in [2.05, 4.69) is 16.3 Å². The van der Waals surface area contributed by atoms with Gasteiger partial charge in [-0.15, -0.1) is 6.42 Å². The van der Waals surface area contributed by atoms with Gasteiger partial charge in [-0.2, -0.15) is 5.10 Å². The highest BCUT2D eigenvalue weighted by molar-refractivity contribution is 6.06. The molecule has 0 spiro atoms. The molecule has 2 fully saturated rings. The topological polar surface area (TPSA) is 69.0 Å². The normalized spacial score (nSPS) is 21.2. The van der Waals surface area contributed by atoms with Crippen LogP contribution in [0.15, 0.2) is 6.07 Å². The van der Waals surface area contributed by atoms with Gasteiger partial charge in [-0.05, 0) is 38.7 Å². The molecule has 1 saturated carbocycles. The maximum Gasteiger partial charge on any atom is 0.253 e. The van der Waals surface area contributed by atoms with Gasteiger partial charge in [0.2, 0.25) is 0 Å². The lowest BCUT2D eigenvalue weighted by molar-refractivity contribution is 0.0777. The van der Waals surface area contributed by atoms with E-state index in [1.165, 1.54) is 0 Å². The Hall–Kier alpha value is -2.39. The standard InChI is InChI=1S/C19H22N4O2/c1-4-14(16-6-5-9-25-16)21-19(24)13-10-15(12-7-8-12)20-18-17(13)11(2)22-23(18)3/h1,10,12,14,16H,5-9H2,2-3H3,(H,21,24)/t14-,16+/m1/s1. The van der Waals surface area contributed by atoms with Crippen LogP contribution >= 0.6 is 0 Å². The molecule has 1 amide bonds.